The van der Waals surface area contributed by atoms with Gasteiger partial charge in [-0.25, -0.2) is 0 Å². The zero-order chi connectivity index (χ0) is 13.1. The van der Waals surface area contributed by atoms with Crippen LogP contribution in [-0.4, -0.2) is 23.3 Å². The molecule has 4 heteroatoms. The molecule has 0 aromatic carbocycles. The van der Waals surface area contributed by atoms with Gasteiger partial charge in [0.2, 0.25) is 0 Å². The summed E-state index contributed by atoms with van der Waals surface area (Å²) in [6, 6.07) is 1.96. The summed E-state index contributed by atoms with van der Waals surface area (Å²) in [5, 5.41) is 0. The van der Waals surface area contributed by atoms with Crippen molar-refractivity contribution in [3.8, 4) is 5.75 Å². The third-order valence-corrected chi connectivity index (χ3v) is 3.46. The van der Waals surface area contributed by atoms with Crippen molar-refractivity contribution < 1.29 is 9.47 Å². The van der Waals surface area contributed by atoms with Gasteiger partial charge in [0.25, 0.3) is 0 Å². The highest BCUT2D eigenvalue weighted by Gasteiger charge is 2.26. The first-order chi connectivity index (χ1) is 8.58. The first-order valence-corrected chi connectivity index (χ1v) is 6.95. The van der Waals surface area contributed by atoms with E-state index in [9.17, 15) is 0 Å². The molecule has 0 spiro atoms. The number of nitrogens with zero attached hydrogens (tertiary/aromatic N) is 1. The fourth-order valence-electron chi connectivity index (χ4n) is 2.39. The Bertz CT molecular complexity index is 401. The molecule has 2 unspecified atom stereocenters. The molecule has 1 aliphatic heterocycles. The molecule has 1 fully saturated rings. The molecule has 0 bridgehead atoms. The van der Waals surface area contributed by atoms with E-state index in [0.717, 1.165) is 29.8 Å². The van der Waals surface area contributed by atoms with Crippen molar-refractivity contribution in [3.63, 3.8) is 0 Å². The summed E-state index contributed by atoms with van der Waals surface area (Å²) in [5.74, 6) is 1.29. The minimum atomic E-state index is 0.201. The predicted molar refractivity (Wildman–Crippen MR) is 72.2 cm³/mol. The summed E-state index contributed by atoms with van der Waals surface area (Å²) in [5.41, 5.74) is 1.90. The number of aryl methyl sites for hydroxylation is 1. The molecule has 1 aromatic heterocycles. The lowest BCUT2D eigenvalue weighted by molar-refractivity contribution is -0.0722. The van der Waals surface area contributed by atoms with E-state index in [0.29, 0.717) is 5.88 Å². The first-order valence-electron chi connectivity index (χ1n) is 6.42. The number of hydrogen-bond donors (Lipinski definition) is 0. The van der Waals surface area contributed by atoms with Gasteiger partial charge in [-0.15, -0.1) is 11.6 Å². The molecule has 1 aliphatic rings. The van der Waals surface area contributed by atoms with Crippen molar-refractivity contribution >= 4 is 11.6 Å². The largest absolute Gasteiger partial charge is 0.490 e. The number of aromatic nitrogens is 1. The molecule has 0 saturated carbocycles. The van der Waals surface area contributed by atoms with Gasteiger partial charge >= 0.3 is 0 Å². The van der Waals surface area contributed by atoms with Crippen LogP contribution < -0.4 is 4.74 Å². The highest BCUT2D eigenvalue weighted by atomic mass is 35.5. The summed E-state index contributed by atoms with van der Waals surface area (Å²) in [4.78, 5) is 4.24. The van der Waals surface area contributed by atoms with Gasteiger partial charge in [-0.3, -0.25) is 4.98 Å². The molecule has 0 radical (unpaired) electrons. The van der Waals surface area contributed by atoms with Crippen molar-refractivity contribution in [2.45, 2.75) is 57.8 Å². The van der Waals surface area contributed by atoms with E-state index in [4.69, 9.17) is 21.1 Å². The topological polar surface area (TPSA) is 31.4 Å². The van der Waals surface area contributed by atoms with Crippen molar-refractivity contribution in [1.29, 1.82) is 0 Å². The molecule has 3 nitrogen and oxygen atoms in total. The Morgan fingerprint density at radius 3 is 2.67 bits per heavy atom. The van der Waals surface area contributed by atoms with Gasteiger partial charge in [0.1, 0.15) is 11.9 Å². The highest BCUT2D eigenvalue weighted by Crippen LogP contribution is 2.27. The van der Waals surface area contributed by atoms with E-state index in [-0.39, 0.29) is 18.3 Å². The van der Waals surface area contributed by atoms with Crippen molar-refractivity contribution in [2.24, 2.45) is 0 Å². The fourth-order valence-corrected chi connectivity index (χ4v) is 2.59. The van der Waals surface area contributed by atoms with Crippen molar-refractivity contribution in [3.05, 3.63) is 23.5 Å². The molecule has 0 aliphatic carbocycles. The van der Waals surface area contributed by atoms with E-state index in [2.05, 4.69) is 18.8 Å². The van der Waals surface area contributed by atoms with Crippen LogP contribution in [0.5, 0.6) is 5.75 Å². The number of rotatable bonds is 3. The van der Waals surface area contributed by atoms with Crippen LogP contribution in [0.4, 0.5) is 0 Å². The SMILES string of the molecule is Cc1cc(OC2CC(C)OC(C)C2)c(CCl)cn1. The standard InChI is InChI=1S/C14H20ClNO2/c1-9-4-14(12(7-15)8-16-9)18-13-5-10(2)17-11(3)6-13/h4,8,10-11,13H,5-7H2,1-3H3. The Labute approximate surface area is 113 Å². The number of alkyl halides is 1. The summed E-state index contributed by atoms with van der Waals surface area (Å²) < 4.78 is 11.8. The maximum absolute atomic E-state index is 6.09. The van der Waals surface area contributed by atoms with Crippen LogP contribution in [0.25, 0.3) is 0 Å². The van der Waals surface area contributed by atoms with Gasteiger partial charge in [-0.05, 0) is 20.8 Å². The lowest BCUT2D eigenvalue weighted by Gasteiger charge is -2.32. The Kier molecular flexibility index (Phi) is 4.46. The maximum Gasteiger partial charge on any atom is 0.127 e. The molecule has 0 N–H and O–H groups in total. The molecular formula is C14H20ClNO2. The first kappa shape index (κ1) is 13.6. The Morgan fingerprint density at radius 1 is 1.39 bits per heavy atom. The van der Waals surface area contributed by atoms with Crippen LogP contribution in [0.1, 0.15) is 37.9 Å². The zero-order valence-corrected chi connectivity index (χ0v) is 11.9. The lowest BCUT2D eigenvalue weighted by atomic mass is 10.0. The quantitative estimate of drug-likeness (QED) is 0.788. The van der Waals surface area contributed by atoms with Crippen LogP contribution >= 0.6 is 11.6 Å². The third-order valence-electron chi connectivity index (χ3n) is 3.17. The molecule has 1 aromatic rings. The van der Waals surface area contributed by atoms with Gasteiger partial charge in [-0.1, -0.05) is 0 Å². The van der Waals surface area contributed by atoms with Crippen LogP contribution in [0, 0.1) is 6.92 Å². The summed E-state index contributed by atoms with van der Waals surface area (Å²) in [6.45, 7) is 6.14. The Morgan fingerprint density at radius 2 is 2.06 bits per heavy atom. The summed E-state index contributed by atoms with van der Waals surface area (Å²) in [6.07, 6.45) is 4.35. The van der Waals surface area contributed by atoms with E-state index < -0.39 is 0 Å². The van der Waals surface area contributed by atoms with Gasteiger partial charge in [0, 0.05) is 36.4 Å². The van der Waals surface area contributed by atoms with E-state index in [1.165, 1.54) is 0 Å². The van der Waals surface area contributed by atoms with Crippen LogP contribution in [-0.2, 0) is 10.6 Å². The van der Waals surface area contributed by atoms with E-state index >= 15 is 0 Å². The maximum atomic E-state index is 6.09. The van der Waals surface area contributed by atoms with Crippen molar-refractivity contribution in [1.82, 2.24) is 4.98 Å². The molecular weight excluding hydrogens is 250 g/mol. The molecule has 2 atom stereocenters. The zero-order valence-electron chi connectivity index (χ0n) is 11.1. The van der Waals surface area contributed by atoms with Gasteiger partial charge < -0.3 is 9.47 Å². The van der Waals surface area contributed by atoms with E-state index in [1.54, 1.807) is 6.20 Å². The van der Waals surface area contributed by atoms with Gasteiger partial charge in [-0.2, -0.15) is 0 Å². The average Bonchev–Trinajstić information content (AvgIpc) is 2.27. The van der Waals surface area contributed by atoms with Gasteiger partial charge in [0.15, 0.2) is 0 Å². The minimum absolute atomic E-state index is 0.201. The smallest absolute Gasteiger partial charge is 0.127 e. The number of halogens is 1. The van der Waals surface area contributed by atoms with Crippen molar-refractivity contribution in [2.75, 3.05) is 0 Å². The third kappa shape index (κ3) is 3.36. The fraction of sp³-hybridized carbons (Fsp3) is 0.643. The minimum Gasteiger partial charge on any atom is -0.490 e. The number of hydrogen-bond acceptors (Lipinski definition) is 3. The number of ether oxygens (including phenoxy) is 2. The summed E-state index contributed by atoms with van der Waals surface area (Å²) >= 11 is 5.91. The van der Waals surface area contributed by atoms with E-state index in [1.807, 2.05) is 13.0 Å². The lowest BCUT2D eigenvalue weighted by Crippen LogP contribution is -2.35. The Balaban J connectivity index is 2.10. The molecule has 1 saturated heterocycles. The predicted octanol–water partition coefficient (Wildman–Crippen LogP) is 3.46. The van der Waals surface area contributed by atoms with Crippen LogP contribution in [0.15, 0.2) is 12.3 Å². The normalized spacial score (nSPS) is 28.1. The second-order valence-electron chi connectivity index (χ2n) is 5.04. The Hall–Kier alpha value is -0.800. The molecule has 2 heterocycles. The van der Waals surface area contributed by atoms with Crippen LogP contribution in [0.3, 0.4) is 0 Å². The molecule has 18 heavy (non-hydrogen) atoms. The molecule has 2 rings (SSSR count). The monoisotopic (exact) mass is 269 g/mol. The van der Waals surface area contributed by atoms with Crippen LogP contribution in [0.2, 0.25) is 0 Å². The second kappa shape index (κ2) is 5.89. The molecule has 100 valence electrons. The number of pyridine rings is 1. The summed E-state index contributed by atoms with van der Waals surface area (Å²) in [7, 11) is 0. The average molecular weight is 270 g/mol. The highest BCUT2D eigenvalue weighted by molar-refractivity contribution is 6.17. The van der Waals surface area contributed by atoms with Gasteiger partial charge in [0.05, 0.1) is 18.1 Å². The second-order valence-corrected chi connectivity index (χ2v) is 5.30. The molecule has 0 amide bonds.